The Hall–Kier alpha value is -2.48. The highest BCUT2D eigenvalue weighted by Gasteiger charge is 2.20. The Bertz CT molecular complexity index is 979. The number of nitrogens with one attached hydrogen (secondary N) is 1. The molecule has 0 aromatic heterocycles. The maximum Gasteiger partial charge on any atom is 0.251 e. The van der Waals surface area contributed by atoms with E-state index in [-0.39, 0.29) is 18.1 Å². The summed E-state index contributed by atoms with van der Waals surface area (Å²) in [7, 11) is -3.74. The van der Waals surface area contributed by atoms with Crippen LogP contribution >= 0.6 is 0 Å². The monoisotopic (exact) mass is 452 g/mol. The molecule has 170 valence electrons. The van der Waals surface area contributed by atoms with Crippen LogP contribution in [0.15, 0.2) is 42.5 Å². The van der Waals surface area contributed by atoms with Crippen molar-refractivity contribution < 1.29 is 22.0 Å². The lowest BCUT2D eigenvalue weighted by atomic mass is 9.99. The molecule has 1 atom stereocenters. The minimum absolute atomic E-state index is 0.0286. The molecule has 0 fully saturated rings. The molecule has 8 heteroatoms. The molecule has 0 saturated carbocycles. The van der Waals surface area contributed by atoms with Crippen LogP contribution in [0.5, 0.6) is 0 Å². The zero-order chi connectivity index (χ0) is 23.0. The Labute approximate surface area is 183 Å². The molecule has 2 aromatic rings. The molecular formula is C23H30F2N2O3S. The molecule has 0 bridgehead atoms. The number of unbranched alkanes of at least 4 members (excludes halogenated alkanes) is 1. The zero-order valence-corrected chi connectivity index (χ0v) is 19.0. The minimum atomic E-state index is -3.74. The van der Waals surface area contributed by atoms with Crippen molar-refractivity contribution >= 4 is 21.6 Å². The second-order valence-corrected chi connectivity index (χ2v) is 9.60. The summed E-state index contributed by atoms with van der Waals surface area (Å²) >= 11 is 0. The lowest BCUT2D eigenvalue weighted by Crippen LogP contribution is -2.30. The van der Waals surface area contributed by atoms with Gasteiger partial charge >= 0.3 is 0 Å². The van der Waals surface area contributed by atoms with Gasteiger partial charge in [0, 0.05) is 18.2 Å². The fraction of sp³-hybridized carbons (Fsp3) is 0.435. The predicted molar refractivity (Wildman–Crippen MR) is 119 cm³/mol. The zero-order valence-electron chi connectivity index (χ0n) is 18.2. The summed E-state index contributed by atoms with van der Waals surface area (Å²) in [6.07, 6.45) is 5.35. The molecule has 0 radical (unpaired) electrons. The third-order valence-electron chi connectivity index (χ3n) is 5.23. The molecule has 2 rings (SSSR count). The van der Waals surface area contributed by atoms with Gasteiger partial charge in [0.15, 0.2) is 11.6 Å². The third-order valence-corrected chi connectivity index (χ3v) is 6.37. The molecule has 1 N–H and O–H groups in total. The summed E-state index contributed by atoms with van der Waals surface area (Å²) in [6, 6.07) is 9.51. The Kier molecular flexibility index (Phi) is 8.98. The van der Waals surface area contributed by atoms with Crippen LogP contribution in [-0.2, 0) is 16.6 Å². The van der Waals surface area contributed by atoms with Crippen molar-refractivity contribution in [3.8, 4) is 0 Å². The van der Waals surface area contributed by atoms with Crippen LogP contribution < -0.4 is 9.62 Å². The molecule has 0 heterocycles. The summed E-state index contributed by atoms with van der Waals surface area (Å²) in [4.78, 5) is 12.4. The Morgan fingerprint density at radius 2 is 1.74 bits per heavy atom. The van der Waals surface area contributed by atoms with Crippen LogP contribution in [0, 0.1) is 17.6 Å². The van der Waals surface area contributed by atoms with E-state index in [4.69, 9.17) is 0 Å². The number of rotatable bonds is 11. The molecule has 0 spiro atoms. The summed E-state index contributed by atoms with van der Waals surface area (Å²) in [5.74, 6) is -1.90. The third kappa shape index (κ3) is 7.31. The first-order valence-electron chi connectivity index (χ1n) is 10.5. The number of amides is 1. The lowest BCUT2D eigenvalue weighted by molar-refractivity contribution is 0.0946. The normalized spacial score (nSPS) is 12.4. The van der Waals surface area contributed by atoms with E-state index in [2.05, 4.69) is 19.2 Å². The van der Waals surface area contributed by atoms with Crippen molar-refractivity contribution in [3.05, 3.63) is 65.2 Å². The molecule has 0 aliphatic heterocycles. The number of sulfonamides is 1. The van der Waals surface area contributed by atoms with Crippen molar-refractivity contribution in [1.29, 1.82) is 0 Å². The topological polar surface area (TPSA) is 66.5 Å². The fourth-order valence-corrected chi connectivity index (χ4v) is 4.13. The van der Waals surface area contributed by atoms with E-state index in [1.165, 1.54) is 6.07 Å². The van der Waals surface area contributed by atoms with Crippen LogP contribution in [0.1, 0.15) is 55.5 Å². The van der Waals surface area contributed by atoms with Crippen molar-refractivity contribution in [2.75, 3.05) is 17.1 Å². The summed E-state index contributed by atoms with van der Waals surface area (Å²) in [5, 5.41) is 2.96. The van der Waals surface area contributed by atoms with Crippen molar-refractivity contribution in [2.45, 2.75) is 46.1 Å². The average molecular weight is 453 g/mol. The number of hydrogen-bond acceptors (Lipinski definition) is 3. The molecule has 0 aliphatic rings. The molecule has 2 aromatic carbocycles. The summed E-state index contributed by atoms with van der Waals surface area (Å²) in [6.45, 7) is 4.81. The Morgan fingerprint density at radius 1 is 1.06 bits per heavy atom. The van der Waals surface area contributed by atoms with Gasteiger partial charge < -0.3 is 5.32 Å². The van der Waals surface area contributed by atoms with Gasteiger partial charge in [-0.3, -0.25) is 9.10 Å². The van der Waals surface area contributed by atoms with Gasteiger partial charge in [-0.25, -0.2) is 17.2 Å². The number of nitrogens with zero attached hydrogens (tertiary/aromatic N) is 1. The van der Waals surface area contributed by atoms with E-state index in [1.807, 2.05) is 0 Å². The smallest absolute Gasteiger partial charge is 0.251 e. The highest BCUT2D eigenvalue weighted by Crippen LogP contribution is 2.23. The van der Waals surface area contributed by atoms with E-state index >= 15 is 0 Å². The number of halogens is 2. The van der Waals surface area contributed by atoms with Crippen molar-refractivity contribution in [2.24, 2.45) is 5.92 Å². The van der Waals surface area contributed by atoms with Crippen LogP contribution in [-0.4, -0.2) is 27.1 Å². The quantitative estimate of drug-likeness (QED) is 0.529. The summed E-state index contributed by atoms with van der Waals surface area (Å²) in [5.41, 5.74) is 1.12. The van der Waals surface area contributed by atoms with Crippen molar-refractivity contribution in [1.82, 2.24) is 5.32 Å². The number of anilines is 1. The number of benzene rings is 2. The molecule has 1 amide bonds. The van der Waals surface area contributed by atoms with Gasteiger partial charge in [-0.2, -0.15) is 0 Å². The number of carbonyl (C=O) groups is 1. The predicted octanol–water partition coefficient (Wildman–Crippen LogP) is 4.88. The van der Waals surface area contributed by atoms with Gasteiger partial charge in [0.1, 0.15) is 0 Å². The first kappa shape index (κ1) is 24.8. The van der Waals surface area contributed by atoms with E-state index in [0.29, 0.717) is 23.6 Å². The van der Waals surface area contributed by atoms with Crippen LogP contribution in [0.4, 0.5) is 14.5 Å². The van der Waals surface area contributed by atoms with Crippen LogP contribution in [0.2, 0.25) is 0 Å². The van der Waals surface area contributed by atoms with Gasteiger partial charge in [-0.15, -0.1) is 0 Å². The SMILES string of the molecule is CCCC[C@H](CC)CNC(=O)c1ccc(CN(c2ccc(F)c(F)c2)S(C)(=O)=O)cc1. The van der Waals surface area contributed by atoms with Gasteiger partial charge in [-0.05, 0) is 42.2 Å². The first-order valence-corrected chi connectivity index (χ1v) is 12.3. The van der Waals surface area contributed by atoms with E-state index in [1.54, 1.807) is 24.3 Å². The van der Waals surface area contributed by atoms with Gasteiger partial charge in [0.05, 0.1) is 18.5 Å². The first-order chi connectivity index (χ1) is 14.7. The highest BCUT2D eigenvalue weighted by molar-refractivity contribution is 7.92. The standard InChI is InChI=1S/C23H30F2N2O3S/c1-4-6-7-17(5-2)15-26-23(28)19-10-8-18(9-11-19)16-27(31(3,29)30)20-12-13-21(24)22(25)14-20/h8-14,17H,4-7,15-16H2,1-3H3,(H,26,28)/t17-/m0/s1. The maximum atomic E-state index is 13.6. The second-order valence-electron chi connectivity index (χ2n) is 7.69. The average Bonchev–Trinajstić information content (AvgIpc) is 2.73. The Morgan fingerprint density at radius 3 is 2.29 bits per heavy atom. The lowest BCUT2D eigenvalue weighted by Gasteiger charge is -2.22. The molecule has 31 heavy (non-hydrogen) atoms. The molecule has 5 nitrogen and oxygen atoms in total. The van der Waals surface area contributed by atoms with Crippen molar-refractivity contribution in [3.63, 3.8) is 0 Å². The van der Waals surface area contributed by atoms with Gasteiger partial charge in [0.25, 0.3) is 5.91 Å². The van der Waals surface area contributed by atoms with E-state index < -0.39 is 21.7 Å². The number of hydrogen-bond donors (Lipinski definition) is 1. The van der Waals surface area contributed by atoms with E-state index in [9.17, 15) is 22.0 Å². The largest absolute Gasteiger partial charge is 0.352 e. The number of carbonyl (C=O) groups excluding carboxylic acids is 1. The van der Waals surface area contributed by atoms with Crippen LogP contribution in [0.3, 0.4) is 0 Å². The second kappa shape index (κ2) is 11.2. The molecular weight excluding hydrogens is 422 g/mol. The highest BCUT2D eigenvalue weighted by atomic mass is 32.2. The van der Waals surface area contributed by atoms with Crippen LogP contribution in [0.25, 0.3) is 0 Å². The van der Waals surface area contributed by atoms with Gasteiger partial charge in [-0.1, -0.05) is 45.2 Å². The molecule has 0 aliphatic carbocycles. The molecule has 0 saturated heterocycles. The fourth-order valence-electron chi connectivity index (χ4n) is 3.25. The minimum Gasteiger partial charge on any atom is -0.352 e. The van der Waals surface area contributed by atoms with E-state index in [0.717, 1.165) is 48.4 Å². The maximum absolute atomic E-state index is 13.6. The summed E-state index contributed by atoms with van der Waals surface area (Å²) < 4.78 is 52.2. The van der Waals surface area contributed by atoms with Gasteiger partial charge in [0.2, 0.25) is 10.0 Å². The molecule has 0 unspecified atom stereocenters. The Balaban J connectivity index is 2.08.